The lowest BCUT2D eigenvalue weighted by Crippen LogP contribution is -2.60. The van der Waals surface area contributed by atoms with E-state index in [0.29, 0.717) is 19.4 Å². The van der Waals surface area contributed by atoms with E-state index in [-0.39, 0.29) is 18.5 Å². The fraction of sp³-hybridized carbons (Fsp3) is 0.870. The summed E-state index contributed by atoms with van der Waals surface area (Å²) in [6.45, 7) is 4.33. The molecule has 0 radical (unpaired) electrons. The SMILES string of the molecule is CCCCCC/C=C/CC/C=C/C(O)C(COC1OC(CO)C(O)C(O)C1O)NC(=O)CCCCCCCCCCCCCCCCCCC/C=C\C/C=C\CCCCCCCCCCCCCCCOC(=O)CCCCCCCCCCCCCCC. The highest BCUT2D eigenvalue weighted by Crippen LogP contribution is 2.23. The van der Waals surface area contributed by atoms with Crippen LogP contribution in [-0.2, 0) is 23.8 Å². The van der Waals surface area contributed by atoms with Crippen LogP contribution < -0.4 is 5.32 Å². The van der Waals surface area contributed by atoms with Crippen molar-refractivity contribution in [2.45, 2.75) is 410 Å². The number of hydrogen-bond acceptors (Lipinski definition) is 10. The predicted octanol–water partition coefficient (Wildman–Crippen LogP) is 19.9. The molecule has 1 heterocycles. The third-order valence-corrected chi connectivity index (χ3v) is 17.9. The first-order valence-electron chi connectivity index (χ1n) is 37.9. The van der Waals surface area contributed by atoms with Crippen LogP contribution in [0.25, 0.3) is 0 Å². The average Bonchev–Trinajstić information content (AvgIpc) is 3.03. The third-order valence-electron chi connectivity index (χ3n) is 17.9. The molecule has 0 aromatic rings. The molecule has 516 valence electrons. The van der Waals surface area contributed by atoms with Crippen LogP contribution in [0.1, 0.15) is 367 Å². The van der Waals surface area contributed by atoms with Crippen LogP contribution in [0.5, 0.6) is 0 Å². The molecule has 88 heavy (non-hydrogen) atoms. The number of hydrogen-bond donors (Lipinski definition) is 6. The van der Waals surface area contributed by atoms with Crippen molar-refractivity contribution < 1.29 is 49.3 Å². The highest BCUT2D eigenvalue weighted by atomic mass is 16.7. The summed E-state index contributed by atoms with van der Waals surface area (Å²) in [6.07, 6.45) is 77.2. The maximum Gasteiger partial charge on any atom is 0.305 e. The number of allylic oxidation sites excluding steroid dienone is 7. The molecule has 1 rings (SSSR count). The zero-order chi connectivity index (χ0) is 63.7. The van der Waals surface area contributed by atoms with E-state index < -0.39 is 49.5 Å². The molecule has 0 aromatic carbocycles. The van der Waals surface area contributed by atoms with Gasteiger partial charge < -0.3 is 45.1 Å². The average molecular weight is 1240 g/mol. The van der Waals surface area contributed by atoms with Crippen molar-refractivity contribution in [3.05, 3.63) is 48.6 Å². The van der Waals surface area contributed by atoms with Gasteiger partial charge in [0.05, 0.1) is 32.0 Å². The number of aliphatic hydroxyl groups excluding tert-OH is 5. The summed E-state index contributed by atoms with van der Waals surface area (Å²) in [5.41, 5.74) is 0. The molecule has 0 saturated carbocycles. The topological polar surface area (TPSA) is 175 Å². The molecule has 1 aliphatic rings. The number of amides is 1. The second kappa shape index (κ2) is 66.1. The molecule has 0 aromatic heterocycles. The fourth-order valence-corrected chi connectivity index (χ4v) is 12.0. The second-order valence-electron chi connectivity index (χ2n) is 26.3. The molecule has 1 fully saturated rings. The van der Waals surface area contributed by atoms with Crippen molar-refractivity contribution in [3.8, 4) is 0 Å². The first-order valence-corrected chi connectivity index (χ1v) is 37.9. The Kier molecular flexibility index (Phi) is 62.8. The lowest BCUT2D eigenvalue weighted by atomic mass is 9.99. The highest BCUT2D eigenvalue weighted by molar-refractivity contribution is 5.76. The van der Waals surface area contributed by atoms with E-state index in [1.54, 1.807) is 6.08 Å². The van der Waals surface area contributed by atoms with Gasteiger partial charge in [-0.3, -0.25) is 9.59 Å². The van der Waals surface area contributed by atoms with E-state index in [4.69, 9.17) is 14.2 Å². The van der Waals surface area contributed by atoms with Gasteiger partial charge in [0.25, 0.3) is 0 Å². The monoisotopic (exact) mass is 1240 g/mol. The Morgan fingerprint density at radius 2 is 0.773 bits per heavy atom. The van der Waals surface area contributed by atoms with Crippen molar-refractivity contribution in [3.63, 3.8) is 0 Å². The zero-order valence-corrected chi connectivity index (χ0v) is 57.4. The van der Waals surface area contributed by atoms with Gasteiger partial charge in [0.1, 0.15) is 24.4 Å². The van der Waals surface area contributed by atoms with E-state index in [1.807, 2.05) is 6.08 Å². The summed E-state index contributed by atoms with van der Waals surface area (Å²) in [7, 11) is 0. The van der Waals surface area contributed by atoms with Crippen LogP contribution in [0.2, 0.25) is 0 Å². The van der Waals surface area contributed by atoms with Crippen LogP contribution in [0.3, 0.4) is 0 Å². The smallest absolute Gasteiger partial charge is 0.305 e. The van der Waals surface area contributed by atoms with E-state index >= 15 is 0 Å². The number of carbonyl (C=O) groups excluding carboxylic acids is 2. The van der Waals surface area contributed by atoms with Gasteiger partial charge in [0.2, 0.25) is 5.91 Å². The summed E-state index contributed by atoms with van der Waals surface area (Å²) in [5, 5.41) is 54.3. The largest absolute Gasteiger partial charge is 0.466 e. The van der Waals surface area contributed by atoms with Crippen LogP contribution >= 0.6 is 0 Å². The van der Waals surface area contributed by atoms with Gasteiger partial charge in [0.15, 0.2) is 6.29 Å². The fourth-order valence-electron chi connectivity index (χ4n) is 12.0. The van der Waals surface area contributed by atoms with Crippen molar-refractivity contribution in [2.24, 2.45) is 0 Å². The molecule has 7 atom stereocenters. The predicted molar refractivity (Wildman–Crippen MR) is 370 cm³/mol. The molecule has 6 N–H and O–H groups in total. The Morgan fingerprint density at radius 1 is 0.420 bits per heavy atom. The lowest BCUT2D eigenvalue weighted by Gasteiger charge is -2.40. The molecule has 1 aliphatic heterocycles. The number of rotatable bonds is 67. The summed E-state index contributed by atoms with van der Waals surface area (Å²) >= 11 is 0. The van der Waals surface area contributed by atoms with Gasteiger partial charge in [0, 0.05) is 12.8 Å². The van der Waals surface area contributed by atoms with Gasteiger partial charge >= 0.3 is 5.97 Å². The Bertz CT molecular complexity index is 1600. The van der Waals surface area contributed by atoms with Gasteiger partial charge in [-0.1, -0.05) is 326 Å². The number of ether oxygens (including phenoxy) is 3. The summed E-state index contributed by atoms with van der Waals surface area (Å²) in [4.78, 5) is 25.1. The van der Waals surface area contributed by atoms with Crippen LogP contribution in [0, 0.1) is 0 Å². The van der Waals surface area contributed by atoms with Crippen molar-refractivity contribution in [2.75, 3.05) is 19.8 Å². The highest BCUT2D eigenvalue weighted by Gasteiger charge is 2.44. The molecule has 11 nitrogen and oxygen atoms in total. The second-order valence-corrected chi connectivity index (χ2v) is 26.3. The zero-order valence-electron chi connectivity index (χ0n) is 57.4. The number of carbonyl (C=O) groups is 2. The first-order chi connectivity index (χ1) is 43.2. The Morgan fingerprint density at radius 3 is 1.20 bits per heavy atom. The van der Waals surface area contributed by atoms with E-state index in [2.05, 4.69) is 55.6 Å². The maximum absolute atomic E-state index is 13.0. The number of aliphatic hydroxyl groups is 5. The molecule has 0 spiro atoms. The minimum Gasteiger partial charge on any atom is -0.466 e. The molecule has 11 heteroatoms. The standard InChI is InChI=1S/C77H143NO10/c1-3-5-7-9-11-13-15-41-45-49-53-57-61-65-73(82)86-66-62-58-54-50-46-43-40-38-36-34-32-30-28-26-24-22-20-18-16-17-19-21-23-25-27-29-31-33-35-37-39-42-44-48-52-56-60-64-72(81)78-69(68-87-77-76(85)75(84)74(83)71(67-79)88-77)70(80)63-59-55-51-47-14-12-10-8-6-4-2/h14,16,18,22,24,47,59,63,69-71,74-77,79-80,83-85H,3-13,15,17,19-21,23,25-46,48-58,60-62,64-68H2,1-2H3,(H,78,81)/b18-16-,24-22-,47-14+,63-59+. The quantitative estimate of drug-likeness (QED) is 0.0195. The normalized spacial score (nSPS) is 18.0. The molecule has 1 saturated heterocycles. The van der Waals surface area contributed by atoms with Crippen molar-refractivity contribution >= 4 is 11.9 Å². The Balaban J connectivity index is 1.90. The number of nitrogens with one attached hydrogen (secondary N) is 1. The lowest BCUT2D eigenvalue weighted by molar-refractivity contribution is -0.302. The van der Waals surface area contributed by atoms with Gasteiger partial charge in [-0.25, -0.2) is 0 Å². The van der Waals surface area contributed by atoms with Crippen LogP contribution in [0.15, 0.2) is 48.6 Å². The first kappa shape index (κ1) is 83.6. The summed E-state index contributed by atoms with van der Waals surface area (Å²) in [5.74, 6) is -0.176. The maximum atomic E-state index is 13.0. The number of unbranched alkanes of at least 4 members (excludes halogenated alkanes) is 47. The Labute approximate surface area is 542 Å². The summed E-state index contributed by atoms with van der Waals surface area (Å²) in [6, 6.07) is -0.825. The van der Waals surface area contributed by atoms with Gasteiger partial charge in [-0.2, -0.15) is 0 Å². The van der Waals surface area contributed by atoms with Gasteiger partial charge in [-0.15, -0.1) is 0 Å². The van der Waals surface area contributed by atoms with Crippen molar-refractivity contribution in [1.82, 2.24) is 5.32 Å². The van der Waals surface area contributed by atoms with E-state index in [9.17, 15) is 35.1 Å². The van der Waals surface area contributed by atoms with Crippen LogP contribution in [-0.4, -0.2) is 100 Å². The van der Waals surface area contributed by atoms with E-state index in [0.717, 1.165) is 57.8 Å². The minimum absolute atomic E-state index is 0.0142. The molecule has 7 unspecified atom stereocenters. The van der Waals surface area contributed by atoms with Gasteiger partial charge in [-0.05, 0) is 77.0 Å². The summed E-state index contributed by atoms with van der Waals surface area (Å²) < 4.78 is 16.7. The van der Waals surface area contributed by atoms with Crippen molar-refractivity contribution in [1.29, 1.82) is 0 Å². The molecule has 0 aliphatic carbocycles. The number of esters is 1. The molecule has 0 bridgehead atoms. The Hall–Kier alpha value is -2.38. The third kappa shape index (κ3) is 54.2. The molecular formula is C77H143NO10. The van der Waals surface area contributed by atoms with Crippen LogP contribution in [0.4, 0.5) is 0 Å². The van der Waals surface area contributed by atoms with E-state index in [1.165, 1.54) is 283 Å². The minimum atomic E-state index is -1.57. The molecule has 1 amide bonds. The molecular weight excluding hydrogens is 1100 g/mol.